The summed E-state index contributed by atoms with van der Waals surface area (Å²) in [4.78, 5) is 21.4. The molecule has 0 radical (unpaired) electrons. The van der Waals surface area contributed by atoms with E-state index in [1.165, 1.54) is 17.3 Å². The van der Waals surface area contributed by atoms with E-state index in [9.17, 15) is 4.79 Å². The van der Waals surface area contributed by atoms with Crippen LogP contribution in [0, 0.1) is 13.8 Å². The molecule has 1 aromatic carbocycles. The highest BCUT2D eigenvalue weighted by molar-refractivity contribution is 7.99. The molecule has 0 bridgehead atoms. The Morgan fingerprint density at radius 2 is 2.10 bits per heavy atom. The maximum atomic E-state index is 12.4. The SMILES string of the molecule is CCCCc1c(C)nc2nc(SCC(=O)Nc3cc(Cl)ccc3OC)nn2c1C. The molecule has 0 saturated carbocycles. The van der Waals surface area contributed by atoms with Crippen LogP contribution in [0.4, 0.5) is 5.69 Å². The number of unbranched alkanes of at least 4 members (excludes halogenated alkanes) is 1. The van der Waals surface area contributed by atoms with E-state index in [0.29, 0.717) is 27.4 Å². The van der Waals surface area contributed by atoms with E-state index in [1.54, 1.807) is 29.8 Å². The standard InChI is InChI=1S/C20H24ClN5O2S/c1-5-6-7-15-12(2)22-19-24-20(25-26(19)13(15)3)29-11-18(27)23-16-10-14(21)8-9-17(16)28-4/h8-10H,5-7,11H2,1-4H3,(H,23,27). The predicted octanol–water partition coefficient (Wildman–Crippen LogP) is 4.48. The minimum absolute atomic E-state index is 0.160. The Kier molecular flexibility index (Phi) is 6.97. The lowest BCUT2D eigenvalue weighted by atomic mass is 10.1. The number of amides is 1. The third kappa shape index (κ3) is 5.00. The molecule has 3 rings (SSSR count). The summed E-state index contributed by atoms with van der Waals surface area (Å²) in [5.41, 5.74) is 3.78. The molecule has 0 spiro atoms. The number of ether oxygens (including phenoxy) is 1. The summed E-state index contributed by atoms with van der Waals surface area (Å²) in [6, 6.07) is 5.07. The van der Waals surface area contributed by atoms with Crippen LogP contribution in [0.25, 0.3) is 5.78 Å². The lowest BCUT2D eigenvalue weighted by Crippen LogP contribution is -2.14. The first kappa shape index (κ1) is 21.4. The molecule has 0 aliphatic heterocycles. The summed E-state index contributed by atoms with van der Waals surface area (Å²) in [5.74, 6) is 1.07. The van der Waals surface area contributed by atoms with Crippen molar-refractivity contribution in [2.45, 2.75) is 45.2 Å². The van der Waals surface area contributed by atoms with Crippen LogP contribution in [0.1, 0.15) is 36.7 Å². The van der Waals surface area contributed by atoms with Crippen molar-refractivity contribution < 1.29 is 9.53 Å². The van der Waals surface area contributed by atoms with Crippen LogP contribution in [-0.2, 0) is 11.2 Å². The summed E-state index contributed by atoms with van der Waals surface area (Å²) in [5, 5.41) is 8.38. The quantitative estimate of drug-likeness (QED) is 0.527. The third-order valence-electron chi connectivity index (χ3n) is 4.58. The summed E-state index contributed by atoms with van der Waals surface area (Å²) >= 11 is 7.27. The Balaban J connectivity index is 1.71. The van der Waals surface area contributed by atoms with Gasteiger partial charge in [0.15, 0.2) is 0 Å². The van der Waals surface area contributed by atoms with Crippen molar-refractivity contribution in [2.75, 3.05) is 18.2 Å². The van der Waals surface area contributed by atoms with E-state index in [1.807, 2.05) is 13.8 Å². The monoisotopic (exact) mass is 433 g/mol. The highest BCUT2D eigenvalue weighted by Gasteiger charge is 2.15. The zero-order valence-electron chi connectivity index (χ0n) is 17.0. The first-order chi connectivity index (χ1) is 13.9. The Bertz CT molecular complexity index is 1040. The van der Waals surface area contributed by atoms with Gasteiger partial charge in [-0.25, -0.2) is 9.50 Å². The van der Waals surface area contributed by atoms with Gasteiger partial charge in [0.1, 0.15) is 5.75 Å². The summed E-state index contributed by atoms with van der Waals surface area (Å²) in [7, 11) is 1.54. The first-order valence-electron chi connectivity index (χ1n) is 9.42. The number of hydrogen-bond donors (Lipinski definition) is 1. The Morgan fingerprint density at radius 1 is 1.31 bits per heavy atom. The number of thioether (sulfide) groups is 1. The van der Waals surface area contributed by atoms with Gasteiger partial charge in [0.2, 0.25) is 11.1 Å². The van der Waals surface area contributed by atoms with Crippen molar-refractivity contribution in [1.82, 2.24) is 19.6 Å². The Labute approximate surface area is 179 Å². The van der Waals surface area contributed by atoms with Crippen molar-refractivity contribution in [3.05, 3.63) is 40.2 Å². The van der Waals surface area contributed by atoms with Gasteiger partial charge < -0.3 is 10.1 Å². The lowest BCUT2D eigenvalue weighted by molar-refractivity contribution is -0.113. The van der Waals surface area contributed by atoms with Crippen LogP contribution in [0.2, 0.25) is 5.02 Å². The molecule has 1 N–H and O–H groups in total. The number of benzene rings is 1. The number of hydrogen-bond acceptors (Lipinski definition) is 6. The molecule has 1 amide bonds. The number of fused-ring (bicyclic) bond motifs is 1. The normalized spacial score (nSPS) is 11.1. The Hall–Kier alpha value is -2.32. The van der Waals surface area contributed by atoms with Crippen LogP contribution >= 0.6 is 23.4 Å². The number of carbonyl (C=O) groups excluding carboxylic acids is 1. The number of carbonyl (C=O) groups is 1. The molecule has 0 aliphatic rings. The van der Waals surface area contributed by atoms with Crippen molar-refractivity contribution >= 4 is 40.7 Å². The van der Waals surface area contributed by atoms with Crippen molar-refractivity contribution in [3.63, 3.8) is 0 Å². The average Bonchev–Trinajstić information content (AvgIpc) is 3.09. The van der Waals surface area contributed by atoms with Crippen LogP contribution in [0.5, 0.6) is 5.75 Å². The minimum Gasteiger partial charge on any atom is -0.495 e. The molecule has 2 aromatic heterocycles. The fourth-order valence-corrected chi connectivity index (χ4v) is 3.85. The fourth-order valence-electron chi connectivity index (χ4n) is 3.06. The van der Waals surface area contributed by atoms with E-state index in [-0.39, 0.29) is 11.7 Å². The molecule has 0 fully saturated rings. The van der Waals surface area contributed by atoms with Gasteiger partial charge in [-0.2, -0.15) is 4.98 Å². The van der Waals surface area contributed by atoms with E-state index in [2.05, 4.69) is 27.3 Å². The molecule has 0 aliphatic carbocycles. The molecule has 3 aromatic rings. The predicted molar refractivity (Wildman–Crippen MR) is 116 cm³/mol. The molecule has 154 valence electrons. The molecular formula is C20H24ClN5O2S. The molecule has 0 atom stereocenters. The van der Waals surface area contributed by atoms with Gasteiger partial charge in [-0.1, -0.05) is 36.7 Å². The first-order valence-corrected chi connectivity index (χ1v) is 10.8. The van der Waals surface area contributed by atoms with Crippen molar-refractivity contribution in [2.24, 2.45) is 0 Å². The zero-order valence-corrected chi connectivity index (χ0v) is 18.5. The van der Waals surface area contributed by atoms with E-state index >= 15 is 0 Å². The summed E-state index contributed by atoms with van der Waals surface area (Å²) in [6.07, 6.45) is 3.21. The van der Waals surface area contributed by atoms with Crippen LogP contribution in [0.3, 0.4) is 0 Å². The number of rotatable bonds is 8. The molecule has 2 heterocycles. The van der Waals surface area contributed by atoms with Crippen LogP contribution in [-0.4, -0.2) is 38.4 Å². The number of anilines is 1. The maximum Gasteiger partial charge on any atom is 0.253 e. The fraction of sp³-hybridized carbons (Fsp3) is 0.400. The second-order valence-electron chi connectivity index (χ2n) is 6.65. The zero-order chi connectivity index (χ0) is 21.0. The summed E-state index contributed by atoms with van der Waals surface area (Å²) < 4.78 is 7.01. The van der Waals surface area contributed by atoms with E-state index in [4.69, 9.17) is 16.3 Å². The molecule has 0 unspecified atom stereocenters. The van der Waals surface area contributed by atoms with E-state index in [0.717, 1.165) is 30.7 Å². The molecule has 9 heteroatoms. The van der Waals surface area contributed by atoms with Gasteiger partial charge >= 0.3 is 0 Å². The highest BCUT2D eigenvalue weighted by atomic mass is 35.5. The topological polar surface area (TPSA) is 81.4 Å². The summed E-state index contributed by atoms with van der Waals surface area (Å²) in [6.45, 7) is 6.21. The molecule has 29 heavy (non-hydrogen) atoms. The van der Waals surface area contributed by atoms with Gasteiger partial charge in [-0.05, 0) is 50.5 Å². The third-order valence-corrected chi connectivity index (χ3v) is 5.65. The minimum atomic E-state index is -0.195. The number of aromatic nitrogens is 4. The number of aryl methyl sites for hydroxylation is 2. The van der Waals surface area contributed by atoms with Gasteiger partial charge in [0, 0.05) is 16.4 Å². The number of nitrogens with one attached hydrogen (secondary N) is 1. The maximum absolute atomic E-state index is 12.4. The lowest BCUT2D eigenvalue weighted by Gasteiger charge is -2.10. The van der Waals surface area contributed by atoms with Gasteiger partial charge in [-0.15, -0.1) is 5.10 Å². The molecule has 7 nitrogen and oxygen atoms in total. The van der Waals surface area contributed by atoms with Gasteiger partial charge in [-0.3, -0.25) is 4.79 Å². The number of methoxy groups -OCH3 is 1. The van der Waals surface area contributed by atoms with E-state index < -0.39 is 0 Å². The van der Waals surface area contributed by atoms with Crippen LogP contribution in [0.15, 0.2) is 23.4 Å². The molecular weight excluding hydrogens is 410 g/mol. The number of nitrogens with zero attached hydrogens (tertiary/aromatic N) is 4. The second-order valence-corrected chi connectivity index (χ2v) is 8.03. The number of halogens is 1. The van der Waals surface area contributed by atoms with Gasteiger partial charge in [0.25, 0.3) is 5.78 Å². The van der Waals surface area contributed by atoms with Crippen LogP contribution < -0.4 is 10.1 Å². The van der Waals surface area contributed by atoms with Gasteiger partial charge in [0.05, 0.1) is 18.6 Å². The largest absolute Gasteiger partial charge is 0.495 e. The van der Waals surface area contributed by atoms with Crippen molar-refractivity contribution in [3.8, 4) is 5.75 Å². The molecule has 0 saturated heterocycles. The smallest absolute Gasteiger partial charge is 0.253 e. The van der Waals surface area contributed by atoms with Crippen molar-refractivity contribution in [1.29, 1.82) is 0 Å². The average molecular weight is 434 g/mol. The second kappa shape index (κ2) is 9.45. The Morgan fingerprint density at radius 3 is 2.83 bits per heavy atom. The highest BCUT2D eigenvalue weighted by Crippen LogP contribution is 2.28.